The highest BCUT2D eigenvalue weighted by Crippen LogP contribution is 2.40. The summed E-state index contributed by atoms with van der Waals surface area (Å²) in [4.78, 5) is 15.0. The predicted octanol–water partition coefficient (Wildman–Crippen LogP) is 4.71. The van der Waals surface area contributed by atoms with Gasteiger partial charge in [-0.25, -0.2) is 4.79 Å². The average molecular weight is 387 g/mol. The molecule has 2 saturated heterocycles. The van der Waals surface area contributed by atoms with Crippen LogP contribution < -0.4 is 4.74 Å². The number of amides is 1. The van der Waals surface area contributed by atoms with E-state index in [-0.39, 0.29) is 5.41 Å². The fourth-order valence-electron chi connectivity index (χ4n) is 4.00. The van der Waals surface area contributed by atoms with Gasteiger partial charge in [0.05, 0.1) is 0 Å². The molecular weight excluding hydrogens is 364 g/mol. The fourth-order valence-corrected chi connectivity index (χ4v) is 4.13. The Morgan fingerprint density at radius 1 is 1.07 bits per heavy atom. The molecule has 0 bridgehead atoms. The Kier molecular flexibility index (Phi) is 4.98. The van der Waals surface area contributed by atoms with Crippen molar-refractivity contribution in [3.05, 3.63) is 59.1 Å². The second kappa shape index (κ2) is 7.41. The van der Waals surface area contributed by atoms with E-state index in [1.165, 1.54) is 10.5 Å². The van der Waals surface area contributed by atoms with Crippen molar-refractivity contribution in [2.24, 2.45) is 5.41 Å². The van der Waals surface area contributed by atoms with Crippen molar-refractivity contribution in [1.29, 1.82) is 0 Å². The zero-order valence-corrected chi connectivity index (χ0v) is 15.9. The van der Waals surface area contributed by atoms with Gasteiger partial charge in [0.25, 0.3) is 0 Å². The van der Waals surface area contributed by atoms with Gasteiger partial charge in [-0.15, -0.1) is 0 Å². The zero-order chi connectivity index (χ0) is 18.9. The van der Waals surface area contributed by atoms with E-state index in [4.69, 9.17) is 21.4 Å². The summed E-state index contributed by atoms with van der Waals surface area (Å²) in [6.45, 7) is 4.29. The van der Waals surface area contributed by atoms with Crippen LogP contribution in [0.2, 0.25) is 5.02 Å². The topological polar surface area (TPSA) is 53.0 Å². The van der Waals surface area contributed by atoms with Crippen LogP contribution in [0, 0.1) is 5.41 Å². The molecule has 1 spiro atoms. The number of hydrogen-bond donors (Lipinski definition) is 1. The number of halogens is 1. The summed E-state index contributed by atoms with van der Waals surface area (Å²) in [5.41, 5.74) is 1.44. The highest BCUT2D eigenvalue weighted by atomic mass is 35.5. The Morgan fingerprint density at radius 3 is 2.44 bits per heavy atom. The predicted molar refractivity (Wildman–Crippen MR) is 105 cm³/mol. The molecule has 0 unspecified atom stereocenters. The highest BCUT2D eigenvalue weighted by Gasteiger charge is 2.46. The molecule has 27 heavy (non-hydrogen) atoms. The average Bonchev–Trinajstić information content (AvgIpc) is 2.63. The normalized spacial score (nSPS) is 18.9. The maximum Gasteiger partial charge on any atom is 0.407 e. The maximum atomic E-state index is 11.0. The van der Waals surface area contributed by atoms with E-state index in [1.807, 2.05) is 36.4 Å². The molecule has 2 aromatic rings. The lowest BCUT2D eigenvalue weighted by atomic mass is 9.72. The number of benzene rings is 2. The Hall–Kier alpha value is -2.24. The Bertz CT molecular complexity index is 808. The van der Waals surface area contributed by atoms with Crippen molar-refractivity contribution in [1.82, 2.24) is 9.80 Å². The second-order valence-corrected chi connectivity index (χ2v) is 8.05. The lowest BCUT2D eigenvalue weighted by molar-refractivity contribution is -0.0352. The van der Waals surface area contributed by atoms with Crippen molar-refractivity contribution in [2.45, 2.75) is 19.4 Å². The van der Waals surface area contributed by atoms with Gasteiger partial charge in [0.15, 0.2) is 0 Å². The molecule has 0 saturated carbocycles. The lowest BCUT2D eigenvalue weighted by Crippen LogP contribution is -2.61. The monoisotopic (exact) mass is 386 g/mol. The first kappa shape index (κ1) is 18.1. The van der Waals surface area contributed by atoms with Crippen LogP contribution in [0.3, 0.4) is 0 Å². The van der Waals surface area contributed by atoms with Gasteiger partial charge >= 0.3 is 6.09 Å². The minimum Gasteiger partial charge on any atom is -0.465 e. The molecule has 0 atom stereocenters. The van der Waals surface area contributed by atoms with Crippen molar-refractivity contribution < 1.29 is 14.6 Å². The van der Waals surface area contributed by atoms with Crippen molar-refractivity contribution >= 4 is 17.7 Å². The summed E-state index contributed by atoms with van der Waals surface area (Å²) in [6.07, 6.45) is 1.34. The van der Waals surface area contributed by atoms with E-state index >= 15 is 0 Å². The Balaban J connectivity index is 1.31. The summed E-state index contributed by atoms with van der Waals surface area (Å²) >= 11 is 5.91. The molecule has 2 fully saturated rings. The SMILES string of the molecule is O=C(O)N1CC2(CCN(Cc3cccc(Oc4ccc(Cl)cc4)c3)CC2)C1. The smallest absolute Gasteiger partial charge is 0.407 e. The summed E-state index contributed by atoms with van der Waals surface area (Å²) in [7, 11) is 0. The fraction of sp³-hybridized carbons (Fsp3) is 0.381. The van der Waals surface area contributed by atoms with Crippen LogP contribution in [-0.2, 0) is 6.54 Å². The molecule has 1 N–H and O–H groups in total. The van der Waals surface area contributed by atoms with Gasteiger partial charge in [-0.3, -0.25) is 4.90 Å². The van der Waals surface area contributed by atoms with Crippen molar-refractivity contribution in [3.63, 3.8) is 0 Å². The summed E-state index contributed by atoms with van der Waals surface area (Å²) in [6, 6.07) is 15.5. The molecule has 0 radical (unpaired) electrons. The van der Waals surface area contributed by atoms with E-state index in [9.17, 15) is 4.79 Å². The van der Waals surface area contributed by atoms with Crippen LogP contribution in [0.4, 0.5) is 4.79 Å². The number of ether oxygens (including phenoxy) is 1. The molecule has 2 aliphatic rings. The second-order valence-electron chi connectivity index (χ2n) is 7.62. The summed E-state index contributed by atoms with van der Waals surface area (Å²) < 4.78 is 5.92. The number of nitrogens with zero attached hydrogens (tertiary/aromatic N) is 2. The minimum absolute atomic E-state index is 0.217. The lowest BCUT2D eigenvalue weighted by Gasteiger charge is -2.52. The highest BCUT2D eigenvalue weighted by molar-refractivity contribution is 6.30. The molecule has 5 nitrogen and oxygen atoms in total. The minimum atomic E-state index is -0.791. The molecule has 142 valence electrons. The zero-order valence-electron chi connectivity index (χ0n) is 15.1. The van der Waals surface area contributed by atoms with Crippen LogP contribution in [0.15, 0.2) is 48.5 Å². The first-order valence-electron chi connectivity index (χ1n) is 9.24. The summed E-state index contributed by atoms with van der Waals surface area (Å²) in [5, 5.41) is 9.73. The Morgan fingerprint density at radius 2 is 1.78 bits per heavy atom. The number of carboxylic acid groups (broad SMARTS) is 1. The largest absolute Gasteiger partial charge is 0.465 e. The van der Waals surface area contributed by atoms with E-state index < -0.39 is 6.09 Å². The number of rotatable bonds is 4. The third-order valence-electron chi connectivity index (χ3n) is 5.59. The van der Waals surface area contributed by atoms with Crippen LogP contribution in [0.1, 0.15) is 18.4 Å². The quantitative estimate of drug-likeness (QED) is 0.826. The molecule has 2 heterocycles. The molecule has 2 aromatic carbocycles. The van der Waals surface area contributed by atoms with Crippen molar-refractivity contribution in [3.8, 4) is 11.5 Å². The number of likely N-dealkylation sites (tertiary alicyclic amines) is 2. The van der Waals surface area contributed by atoms with Crippen molar-refractivity contribution in [2.75, 3.05) is 26.2 Å². The number of carbonyl (C=O) groups is 1. The molecular formula is C21H23ClN2O3. The van der Waals surface area contributed by atoms with E-state index in [0.717, 1.165) is 44.0 Å². The Labute approximate surface area is 164 Å². The van der Waals surface area contributed by atoms with Crippen LogP contribution in [0.25, 0.3) is 0 Å². The molecule has 1 amide bonds. The standard InChI is InChI=1S/C21H23ClN2O3/c22-17-4-6-18(7-5-17)27-19-3-1-2-16(12-19)13-23-10-8-21(9-11-23)14-24(15-21)20(25)26/h1-7,12H,8-11,13-15H2,(H,25,26). The molecule has 6 heteroatoms. The molecule has 0 aliphatic carbocycles. The maximum absolute atomic E-state index is 11.0. The van der Waals surface area contributed by atoms with Crippen LogP contribution >= 0.6 is 11.6 Å². The van der Waals surface area contributed by atoms with Gasteiger partial charge < -0.3 is 14.7 Å². The third-order valence-corrected chi connectivity index (χ3v) is 5.85. The van der Waals surface area contributed by atoms with Gasteiger partial charge in [0.2, 0.25) is 0 Å². The third kappa shape index (κ3) is 4.20. The molecule has 2 aliphatic heterocycles. The molecule has 4 rings (SSSR count). The molecule has 0 aromatic heterocycles. The van der Waals surface area contributed by atoms with E-state index in [1.54, 1.807) is 0 Å². The summed E-state index contributed by atoms with van der Waals surface area (Å²) in [5.74, 6) is 1.59. The number of hydrogen-bond acceptors (Lipinski definition) is 3. The number of piperidine rings is 1. The van der Waals surface area contributed by atoms with Crippen LogP contribution in [0.5, 0.6) is 11.5 Å². The van der Waals surface area contributed by atoms with Gasteiger partial charge in [-0.1, -0.05) is 23.7 Å². The van der Waals surface area contributed by atoms with Gasteiger partial charge in [0.1, 0.15) is 11.5 Å². The van der Waals surface area contributed by atoms with Crippen LogP contribution in [-0.4, -0.2) is 47.2 Å². The van der Waals surface area contributed by atoms with Gasteiger partial charge in [0, 0.05) is 30.1 Å². The van der Waals surface area contributed by atoms with Gasteiger partial charge in [-0.2, -0.15) is 0 Å². The van der Waals surface area contributed by atoms with Gasteiger partial charge in [-0.05, 0) is 67.9 Å². The first-order chi connectivity index (χ1) is 13.0. The van der Waals surface area contributed by atoms with E-state index in [2.05, 4.69) is 17.0 Å². The first-order valence-corrected chi connectivity index (χ1v) is 9.62. The van der Waals surface area contributed by atoms with E-state index in [0.29, 0.717) is 18.1 Å².